The van der Waals surface area contributed by atoms with Crippen LogP contribution in [0.1, 0.15) is 30.2 Å². The van der Waals surface area contributed by atoms with Gasteiger partial charge in [-0.2, -0.15) is 0 Å². The van der Waals surface area contributed by atoms with Crippen molar-refractivity contribution in [2.75, 3.05) is 19.6 Å². The summed E-state index contributed by atoms with van der Waals surface area (Å²) < 4.78 is 0. The van der Waals surface area contributed by atoms with E-state index in [2.05, 4.69) is 35.9 Å². The van der Waals surface area contributed by atoms with Crippen molar-refractivity contribution in [2.45, 2.75) is 50.7 Å². The Labute approximate surface area is 288 Å². The number of nitrogens with two attached hydrogens (primary N) is 3. The maximum atomic E-state index is 14.3. The molecule has 2 heterocycles. The van der Waals surface area contributed by atoms with E-state index < -0.39 is 54.2 Å². The minimum absolute atomic E-state index is 0.0388. The number of H-pyrrole nitrogens is 2. The van der Waals surface area contributed by atoms with E-state index in [9.17, 15) is 24.0 Å². The lowest BCUT2D eigenvalue weighted by Gasteiger charge is -2.29. The highest BCUT2D eigenvalue weighted by atomic mass is 16.2. The number of imidazole rings is 1. The minimum Gasteiger partial charge on any atom is -0.370 e. The van der Waals surface area contributed by atoms with E-state index in [1.165, 1.54) is 24.3 Å². The molecule has 0 radical (unpaired) electrons. The number of hydrogen-bond donors (Lipinski definition) is 8. The van der Waals surface area contributed by atoms with Gasteiger partial charge in [-0.25, -0.2) is 4.98 Å². The molecule has 16 nitrogen and oxygen atoms in total. The number of para-hydroxylation sites is 1. The Morgan fingerprint density at radius 2 is 1.60 bits per heavy atom. The van der Waals surface area contributed by atoms with Crippen molar-refractivity contribution in [1.82, 2.24) is 35.8 Å². The Morgan fingerprint density at radius 1 is 0.860 bits per heavy atom. The van der Waals surface area contributed by atoms with Gasteiger partial charge in [0, 0.05) is 68.3 Å². The lowest BCUT2D eigenvalue weighted by Crippen LogP contribution is -2.57. The molecule has 4 rings (SSSR count). The summed E-state index contributed by atoms with van der Waals surface area (Å²) in [6.45, 7) is 1.04. The first-order valence-electron chi connectivity index (χ1n) is 16.1. The lowest BCUT2D eigenvalue weighted by atomic mass is 10.0. The molecule has 0 saturated carbocycles. The Kier molecular flexibility index (Phi) is 13.1. The smallest absolute Gasteiger partial charge is 0.245 e. The van der Waals surface area contributed by atoms with Crippen LogP contribution in [-0.2, 0) is 43.2 Å². The number of rotatable bonds is 18. The van der Waals surface area contributed by atoms with Gasteiger partial charge in [-0.15, -0.1) is 0 Å². The van der Waals surface area contributed by atoms with Crippen LogP contribution in [0.2, 0.25) is 0 Å². The number of amides is 5. The van der Waals surface area contributed by atoms with Crippen molar-refractivity contribution in [2.24, 2.45) is 22.2 Å². The van der Waals surface area contributed by atoms with Crippen LogP contribution in [0, 0.1) is 0 Å². The molecule has 16 heteroatoms. The predicted octanol–water partition coefficient (Wildman–Crippen LogP) is -0.629. The van der Waals surface area contributed by atoms with Gasteiger partial charge in [-0.3, -0.25) is 29.0 Å². The summed E-state index contributed by atoms with van der Waals surface area (Å²) in [5.41, 5.74) is 19.6. The van der Waals surface area contributed by atoms with Gasteiger partial charge in [0.1, 0.15) is 18.1 Å². The molecular weight excluding hydrogens is 642 g/mol. The molecule has 2 aromatic carbocycles. The quantitative estimate of drug-likeness (QED) is 0.0379. The molecule has 0 fully saturated rings. The molecule has 2 aromatic heterocycles. The number of nitrogens with one attached hydrogen (secondary N) is 5. The summed E-state index contributed by atoms with van der Waals surface area (Å²) in [7, 11) is 0. The fraction of sp³-hybridized carbons (Fsp3) is 0.324. The molecule has 0 unspecified atom stereocenters. The molecule has 4 aromatic rings. The second-order valence-corrected chi connectivity index (χ2v) is 11.8. The monoisotopic (exact) mass is 685 g/mol. The highest BCUT2D eigenvalue weighted by molar-refractivity contribution is 5.94. The number of fused-ring (bicyclic) bond motifs is 1. The Morgan fingerprint density at radius 3 is 2.28 bits per heavy atom. The molecule has 50 heavy (non-hydrogen) atoms. The summed E-state index contributed by atoms with van der Waals surface area (Å²) in [5.74, 6) is -3.13. The molecule has 0 aliphatic rings. The number of hydrogen-bond acceptors (Lipinski definition) is 7. The van der Waals surface area contributed by atoms with Gasteiger partial charge in [-0.1, -0.05) is 48.5 Å². The molecule has 5 amide bonds. The van der Waals surface area contributed by atoms with Crippen molar-refractivity contribution in [3.8, 4) is 0 Å². The predicted molar refractivity (Wildman–Crippen MR) is 187 cm³/mol. The van der Waals surface area contributed by atoms with Gasteiger partial charge in [0.25, 0.3) is 0 Å². The van der Waals surface area contributed by atoms with E-state index in [0.29, 0.717) is 5.69 Å². The fourth-order valence-electron chi connectivity index (χ4n) is 5.51. The standard InChI is InChI=1S/C34H43N11O5/c1-21(46)42-28(16-24-18-38-20-41-24)32(49)44-29(14-22-8-3-2-4-9-22)33(50)45(13-7-12-39-34(36)37)19-30(47)43-27(31(35)48)15-23-17-40-26-11-6-5-10-25(23)26/h2-6,8-11,17-18,20,27-29,40H,7,12-16,19H2,1H3,(H2,35,48)(H,38,41)(H,42,46)(H,43,47)(H,44,49)(H4,36,37,39)/t27-,28-,29+/m0/s1. The zero-order chi connectivity index (χ0) is 36.0. The normalized spacial score (nSPS) is 12.7. The van der Waals surface area contributed by atoms with Crippen LogP contribution >= 0.6 is 0 Å². The Hall–Kier alpha value is -6.19. The van der Waals surface area contributed by atoms with Crippen LogP contribution in [0.3, 0.4) is 0 Å². The summed E-state index contributed by atoms with van der Waals surface area (Å²) >= 11 is 0. The number of benzene rings is 2. The molecule has 11 N–H and O–H groups in total. The molecule has 0 aliphatic carbocycles. The van der Waals surface area contributed by atoms with Gasteiger partial charge >= 0.3 is 0 Å². The van der Waals surface area contributed by atoms with Gasteiger partial charge in [0.15, 0.2) is 5.96 Å². The largest absolute Gasteiger partial charge is 0.370 e. The minimum atomic E-state index is -1.14. The van der Waals surface area contributed by atoms with Crippen LogP contribution in [0.4, 0.5) is 0 Å². The number of guanidine groups is 1. The number of primary amides is 1. The van der Waals surface area contributed by atoms with Crippen molar-refractivity contribution in [1.29, 1.82) is 0 Å². The first-order chi connectivity index (χ1) is 24.0. The van der Waals surface area contributed by atoms with E-state index in [1.54, 1.807) is 30.5 Å². The van der Waals surface area contributed by atoms with Crippen molar-refractivity contribution >= 4 is 46.4 Å². The number of nitrogens with zero attached hydrogens (tertiary/aromatic N) is 3. The second kappa shape index (κ2) is 17.8. The average Bonchev–Trinajstić information content (AvgIpc) is 3.75. The Balaban J connectivity index is 1.56. The summed E-state index contributed by atoms with van der Waals surface area (Å²) in [4.78, 5) is 81.2. The molecule has 0 aliphatic heterocycles. The zero-order valence-corrected chi connectivity index (χ0v) is 27.7. The summed E-state index contributed by atoms with van der Waals surface area (Å²) in [6, 6.07) is 13.3. The maximum Gasteiger partial charge on any atom is 0.245 e. The maximum absolute atomic E-state index is 14.3. The van der Waals surface area contributed by atoms with Gasteiger partial charge in [-0.05, 0) is 23.6 Å². The van der Waals surface area contributed by atoms with Crippen LogP contribution < -0.4 is 33.2 Å². The fourth-order valence-corrected chi connectivity index (χ4v) is 5.51. The summed E-state index contributed by atoms with van der Waals surface area (Å²) in [5, 5.41) is 8.98. The molecule has 3 atom stereocenters. The summed E-state index contributed by atoms with van der Waals surface area (Å²) in [6.07, 6.45) is 5.32. The van der Waals surface area contributed by atoms with E-state index in [-0.39, 0.29) is 44.7 Å². The highest BCUT2D eigenvalue weighted by Crippen LogP contribution is 2.19. The van der Waals surface area contributed by atoms with Crippen molar-refractivity contribution in [3.63, 3.8) is 0 Å². The van der Waals surface area contributed by atoms with Gasteiger partial charge in [0.2, 0.25) is 29.5 Å². The van der Waals surface area contributed by atoms with Crippen LogP contribution in [-0.4, -0.2) is 93.1 Å². The van der Waals surface area contributed by atoms with Crippen LogP contribution in [0.15, 0.2) is 78.3 Å². The third-order valence-electron chi connectivity index (χ3n) is 7.87. The zero-order valence-electron chi connectivity index (χ0n) is 27.7. The van der Waals surface area contributed by atoms with Crippen LogP contribution in [0.5, 0.6) is 0 Å². The van der Waals surface area contributed by atoms with E-state index in [0.717, 1.165) is 22.0 Å². The molecule has 0 spiro atoms. The van der Waals surface area contributed by atoms with Gasteiger partial charge in [0.05, 0.1) is 12.9 Å². The van der Waals surface area contributed by atoms with Crippen LogP contribution in [0.25, 0.3) is 10.9 Å². The lowest BCUT2D eigenvalue weighted by molar-refractivity contribution is -0.140. The van der Waals surface area contributed by atoms with E-state index in [4.69, 9.17) is 17.2 Å². The molecule has 0 bridgehead atoms. The third-order valence-corrected chi connectivity index (χ3v) is 7.87. The number of aliphatic imine (C=N–C) groups is 1. The number of aromatic nitrogens is 3. The Bertz CT molecular complexity index is 1790. The molecular formula is C34H43N11O5. The first-order valence-corrected chi connectivity index (χ1v) is 16.1. The first kappa shape index (κ1) is 36.6. The second-order valence-electron chi connectivity index (χ2n) is 11.8. The highest BCUT2D eigenvalue weighted by Gasteiger charge is 2.31. The SMILES string of the molecule is CC(=O)N[C@@H](Cc1cnc[nH]1)C(=O)N[C@H](Cc1ccccc1)C(=O)N(CCCN=C(N)N)CC(=O)N[C@@H](Cc1c[nH]c2ccccc12)C(N)=O. The molecule has 0 saturated heterocycles. The third kappa shape index (κ3) is 10.9. The topological polar surface area (TPSA) is 260 Å². The average molecular weight is 686 g/mol. The number of carbonyl (C=O) groups excluding carboxylic acids is 5. The van der Waals surface area contributed by atoms with E-state index in [1.807, 2.05) is 30.3 Å². The number of aromatic amines is 2. The molecule has 264 valence electrons. The van der Waals surface area contributed by atoms with Gasteiger partial charge < -0.3 is 48.0 Å². The van der Waals surface area contributed by atoms with E-state index >= 15 is 0 Å². The van der Waals surface area contributed by atoms with Crippen molar-refractivity contribution < 1.29 is 24.0 Å². The number of carbonyl (C=O) groups is 5. The van der Waals surface area contributed by atoms with Crippen molar-refractivity contribution in [3.05, 3.63) is 90.1 Å².